The summed E-state index contributed by atoms with van der Waals surface area (Å²) in [4.78, 5) is 6.61. The van der Waals surface area contributed by atoms with E-state index in [0.29, 0.717) is 6.54 Å². The zero-order chi connectivity index (χ0) is 14.7. The molecule has 0 saturated heterocycles. The zero-order valence-corrected chi connectivity index (χ0v) is 12.1. The second-order valence-corrected chi connectivity index (χ2v) is 5.01. The third-order valence-corrected chi connectivity index (χ3v) is 3.25. The fourth-order valence-corrected chi connectivity index (χ4v) is 2.39. The number of para-hydroxylation sites is 1. The van der Waals surface area contributed by atoms with E-state index < -0.39 is 0 Å². The van der Waals surface area contributed by atoms with Crippen LogP contribution in [0.25, 0.3) is 0 Å². The molecule has 0 fully saturated rings. The smallest absolute Gasteiger partial charge is 0.124 e. The summed E-state index contributed by atoms with van der Waals surface area (Å²) in [6.45, 7) is 4.70. The highest BCUT2D eigenvalue weighted by Crippen LogP contribution is 2.25. The molecule has 1 heterocycles. The van der Waals surface area contributed by atoms with E-state index in [9.17, 15) is 0 Å². The number of hydrogen-bond donors (Lipinski definition) is 2. The Balaban J connectivity index is 2.34. The number of amidine groups is 1. The van der Waals surface area contributed by atoms with Crippen molar-refractivity contribution >= 4 is 11.5 Å². The van der Waals surface area contributed by atoms with Crippen LogP contribution in [0.5, 0.6) is 0 Å². The summed E-state index contributed by atoms with van der Waals surface area (Å²) in [7, 11) is 2.00. The van der Waals surface area contributed by atoms with Crippen LogP contribution in [-0.2, 0) is 6.54 Å². The molecule has 0 unspecified atom stereocenters. The standard InChI is InChI=1S/C16H20N4/c1-11-6-4-9-14(16(17)18)15(11)20(3)10-13-8-5-7-12(2)19-13/h4-9H,10H2,1-3H3,(H3,17,18). The number of nitrogens with zero attached hydrogens (tertiary/aromatic N) is 2. The lowest BCUT2D eigenvalue weighted by Crippen LogP contribution is -2.23. The minimum Gasteiger partial charge on any atom is -0.384 e. The highest BCUT2D eigenvalue weighted by Gasteiger charge is 2.13. The molecule has 0 aliphatic carbocycles. The van der Waals surface area contributed by atoms with Crippen LogP contribution in [0.4, 0.5) is 5.69 Å². The SMILES string of the molecule is Cc1cccc(CN(C)c2c(C)cccc2C(=N)N)n1. The first-order chi connectivity index (χ1) is 9.49. The maximum Gasteiger partial charge on any atom is 0.124 e. The first kappa shape index (κ1) is 14.1. The Morgan fingerprint density at radius 1 is 1.20 bits per heavy atom. The number of aryl methyl sites for hydroxylation is 2. The van der Waals surface area contributed by atoms with Crippen molar-refractivity contribution in [2.45, 2.75) is 20.4 Å². The molecule has 0 aliphatic rings. The molecule has 0 aliphatic heterocycles. The maximum absolute atomic E-state index is 7.72. The Hall–Kier alpha value is -2.36. The minimum atomic E-state index is 0.0905. The molecule has 20 heavy (non-hydrogen) atoms. The van der Waals surface area contributed by atoms with Crippen molar-refractivity contribution in [3.8, 4) is 0 Å². The van der Waals surface area contributed by atoms with E-state index >= 15 is 0 Å². The van der Waals surface area contributed by atoms with Crippen LogP contribution in [0.2, 0.25) is 0 Å². The molecule has 2 rings (SSSR count). The Bertz CT molecular complexity index is 634. The monoisotopic (exact) mass is 268 g/mol. The van der Waals surface area contributed by atoms with E-state index in [1.807, 2.05) is 57.3 Å². The highest BCUT2D eigenvalue weighted by atomic mass is 15.1. The first-order valence-corrected chi connectivity index (χ1v) is 6.56. The number of anilines is 1. The quantitative estimate of drug-likeness (QED) is 0.661. The van der Waals surface area contributed by atoms with Gasteiger partial charge in [0.05, 0.1) is 17.9 Å². The van der Waals surface area contributed by atoms with Crippen molar-refractivity contribution < 1.29 is 0 Å². The number of nitrogens with one attached hydrogen (secondary N) is 1. The van der Waals surface area contributed by atoms with Crippen molar-refractivity contribution in [3.05, 3.63) is 58.9 Å². The fourth-order valence-electron chi connectivity index (χ4n) is 2.39. The molecule has 1 aromatic carbocycles. The number of nitrogens with two attached hydrogens (primary N) is 1. The minimum absolute atomic E-state index is 0.0905. The Morgan fingerprint density at radius 3 is 2.55 bits per heavy atom. The molecule has 4 heteroatoms. The Morgan fingerprint density at radius 2 is 1.90 bits per heavy atom. The lowest BCUT2D eigenvalue weighted by atomic mass is 10.1. The summed E-state index contributed by atoms with van der Waals surface area (Å²) < 4.78 is 0. The Kier molecular flexibility index (Phi) is 4.03. The average Bonchev–Trinajstić information content (AvgIpc) is 2.38. The van der Waals surface area contributed by atoms with E-state index in [-0.39, 0.29) is 5.84 Å². The highest BCUT2D eigenvalue weighted by molar-refractivity contribution is 6.01. The number of pyridine rings is 1. The average molecular weight is 268 g/mol. The van der Waals surface area contributed by atoms with E-state index in [2.05, 4.69) is 9.88 Å². The summed E-state index contributed by atoms with van der Waals surface area (Å²) in [5, 5.41) is 7.72. The van der Waals surface area contributed by atoms with Gasteiger partial charge in [-0.15, -0.1) is 0 Å². The molecule has 0 amide bonds. The van der Waals surface area contributed by atoms with Crippen LogP contribution < -0.4 is 10.6 Å². The molecule has 0 bridgehead atoms. The van der Waals surface area contributed by atoms with E-state index in [4.69, 9.17) is 11.1 Å². The second-order valence-electron chi connectivity index (χ2n) is 5.01. The maximum atomic E-state index is 7.72. The predicted molar refractivity (Wildman–Crippen MR) is 83.3 cm³/mol. The topological polar surface area (TPSA) is 66.0 Å². The van der Waals surface area contributed by atoms with Gasteiger partial charge in [0.1, 0.15) is 5.84 Å². The lowest BCUT2D eigenvalue weighted by molar-refractivity contribution is 0.871. The van der Waals surface area contributed by atoms with Gasteiger partial charge in [-0.3, -0.25) is 10.4 Å². The summed E-state index contributed by atoms with van der Waals surface area (Å²) in [5.74, 6) is 0.0905. The number of nitrogen functional groups attached to an aromatic ring is 1. The zero-order valence-electron chi connectivity index (χ0n) is 12.1. The molecule has 2 aromatic rings. The fraction of sp³-hybridized carbons (Fsp3) is 0.250. The second kappa shape index (κ2) is 5.74. The molecular weight excluding hydrogens is 248 g/mol. The summed E-state index contributed by atoms with van der Waals surface area (Å²) >= 11 is 0. The Labute approximate surface area is 119 Å². The molecule has 0 atom stereocenters. The van der Waals surface area contributed by atoms with Crippen molar-refractivity contribution in [1.82, 2.24) is 4.98 Å². The van der Waals surface area contributed by atoms with Crippen LogP contribution in [0.1, 0.15) is 22.5 Å². The first-order valence-electron chi connectivity index (χ1n) is 6.56. The van der Waals surface area contributed by atoms with E-state index in [1.54, 1.807) is 0 Å². The van der Waals surface area contributed by atoms with Gasteiger partial charge in [0, 0.05) is 18.3 Å². The van der Waals surface area contributed by atoms with Gasteiger partial charge < -0.3 is 10.6 Å². The van der Waals surface area contributed by atoms with Crippen molar-refractivity contribution in [2.24, 2.45) is 5.73 Å². The van der Waals surface area contributed by atoms with Crippen LogP contribution in [0, 0.1) is 19.3 Å². The summed E-state index contributed by atoms with van der Waals surface area (Å²) in [5.41, 5.74) is 10.5. The van der Waals surface area contributed by atoms with Crippen molar-refractivity contribution in [2.75, 3.05) is 11.9 Å². The predicted octanol–water partition coefficient (Wildman–Crippen LogP) is 2.62. The summed E-state index contributed by atoms with van der Waals surface area (Å²) in [6, 6.07) is 11.8. The normalized spacial score (nSPS) is 10.3. The molecule has 3 N–H and O–H groups in total. The van der Waals surface area contributed by atoms with Crippen LogP contribution >= 0.6 is 0 Å². The molecule has 0 spiro atoms. The van der Waals surface area contributed by atoms with Crippen LogP contribution in [0.15, 0.2) is 36.4 Å². The van der Waals surface area contributed by atoms with Gasteiger partial charge in [0.2, 0.25) is 0 Å². The molecule has 0 saturated carbocycles. The molecule has 104 valence electrons. The number of benzene rings is 1. The number of rotatable bonds is 4. The lowest BCUT2D eigenvalue weighted by Gasteiger charge is -2.24. The largest absolute Gasteiger partial charge is 0.384 e. The van der Waals surface area contributed by atoms with Crippen LogP contribution in [-0.4, -0.2) is 17.9 Å². The van der Waals surface area contributed by atoms with Gasteiger partial charge in [-0.25, -0.2) is 0 Å². The van der Waals surface area contributed by atoms with E-state index in [0.717, 1.165) is 28.2 Å². The third-order valence-electron chi connectivity index (χ3n) is 3.25. The van der Waals surface area contributed by atoms with Gasteiger partial charge in [-0.1, -0.05) is 18.2 Å². The van der Waals surface area contributed by atoms with Gasteiger partial charge in [0.25, 0.3) is 0 Å². The van der Waals surface area contributed by atoms with Crippen molar-refractivity contribution in [1.29, 1.82) is 5.41 Å². The van der Waals surface area contributed by atoms with Gasteiger partial charge in [-0.05, 0) is 37.6 Å². The molecule has 1 aromatic heterocycles. The third kappa shape index (κ3) is 2.96. The molecule has 4 nitrogen and oxygen atoms in total. The van der Waals surface area contributed by atoms with Gasteiger partial charge in [0.15, 0.2) is 0 Å². The number of hydrogen-bond acceptors (Lipinski definition) is 3. The summed E-state index contributed by atoms with van der Waals surface area (Å²) in [6.07, 6.45) is 0. The van der Waals surface area contributed by atoms with Gasteiger partial charge in [-0.2, -0.15) is 0 Å². The van der Waals surface area contributed by atoms with Crippen molar-refractivity contribution in [3.63, 3.8) is 0 Å². The molecular formula is C16H20N4. The molecule has 0 radical (unpaired) electrons. The van der Waals surface area contributed by atoms with E-state index in [1.165, 1.54) is 0 Å². The van der Waals surface area contributed by atoms with Gasteiger partial charge >= 0.3 is 0 Å². The van der Waals surface area contributed by atoms with Crippen LogP contribution in [0.3, 0.4) is 0 Å². The number of aromatic nitrogens is 1.